The van der Waals surface area contributed by atoms with Gasteiger partial charge in [-0.3, -0.25) is 4.79 Å². The first-order chi connectivity index (χ1) is 13.7. The number of rotatable bonds is 6. The van der Waals surface area contributed by atoms with E-state index in [1.165, 1.54) is 6.08 Å². The predicted octanol–water partition coefficient (Wildman–Crippen LogP) is 4.09. The summed E-state index contributed by atoms with van der Waals surface area (Å²) >= 11 is 0. The SMILES string of the molecule is CCOc1ccc(NC(=O)/C(C#N)=C/c2cnc(-c3ccccc3)nc2)cc1. The first-order valence-electron chi connectivity index (χ1n) is 8.73. The Morgan fingerprint density at radius 2 is 1.79 bits per heavy atom. The molecule has 0 bridgehead atoms. The molecule has 138 valence electrons. The maximum atomic E-state index is 12.4. The fraction of sp³-hybridized carbons (Fsp3) is 0.0909. The zero-order valence-corrected chi connectivity index (χ0v) is 15.3. The molecule has 6 heteroatoms. The molecule has 0 unspecified atom stereocenters. The van der Waals surface area contributed by atoms with Crippen molar-refractivity contribution in [2.24, 2.45) is 0 Å². The van der Waals surface area contributed by atoms with E-state index in [1.807, 2.05) is 43.3 Å². The Hall–Kier alpha value is -3.98. The molecule has 1 heterocycles. The number of amides is 1. The van der Waals surface area contributed by atoms with Gasteiger partial charge in [-0.05, 0) is 37.3 Å². The van der Waals surface area contributed by atoms with Gasteiger partial charge in [0, 0.05) is 29.2 Å². The Bertz CT molecular complexity index is 1010. The summed E-state index contributed by atoms with van der Waals surface area (Å²) in [5, 5.41) is 12.0. The molecule has 2 aromatic carbocycles. The molecule has 0 aliphatic rings. The number of aromatic nitrogens is 2. The van der Waals surface area contributed by atoms with E-state index in [0.717, 1.165) is 5.56 Å². The van der Waals surface area contributed by atoms with Crippen LogP contribution in [-0.4, -0.2) is 22.5 Å². The van der Waals surface area contributed by atoms with Gasteiger partial charge < -0.3 is 10.1 Å². The van der Waals surface area contributed by atoms with Gasteiger partial charge in [0.25, 0.3) is 5.91 Å². The maximum Gasteiger partial charge on any atom is 0.266 e. The van der Waals surface area contributed by atoms with Crippen molar-refractivity contribution in [3.8, 4) is 23.2 Å². The Balaban J connectivity index is 1.72. The number of nitriles is 1. The molecule has 0 aliphatic heterocycles. The summed E-state index contributed by atoms with van der Waals surface area (Å²) in [4.78, 5) is 21.0. The van der Waals surface area contributed by atoms with E-state index < -0.39 is 5.91 Å². The van der Waals surface area contributed by atoms with E-state index >= 15 is 0 Å². The molecule has 0 radical (unpaired) electrons. The van der Waals surface area contributed by atoms with Gasteiger partial charge in [-0.2, -0.15) is 5.26 Å². The monoisotopic (exact) mass is 370 g/mol. The van der Waals surface area contributed by atoms with Crippen LogP contribution in [0.5, 0.6) is 5.75 Å². The molecule has 0 saturated heterocycles. The summed E-state index contributed by atoms with van der Waals surface area (Å²) in [6, 6.07) is 18.4. The molecule has 3 aromatic rings. The van der Waals surface area contributed by atoms with Gasteiger partial charge in [-0.25, -0.2) is 9.97 Å². The van der Waals surface area contributed by atoms with Crippen molar-refractivity contribution in [1.82, 2.24) is 9.97 Å². The third kappa shape index (κ3) is 4.80. The summed E-state index contributed by atoms with van der Waals surface area (Å²) in [6.45, 7) is 2.47. The smallest absolute Gasteiger partial charge is 0.266 e. The van der Waals surface area contributed by atoms with Crippen molar-refractivity contribution in [3.05, 3.63) is 78.1 Å². The lowest BCUT2D eigenvalue weighted by Crippen LogP contribution is -2.13. The quantitative estimate of drug-likeness (QED) is 0.522. The van der Waals surface area contributed by atoms with Crippen LogP contribution in [0.15, 0.2) is 72.6 Å². The second-order valence-corrected chi connectivity index (χ2v) is 5.79. The number of benzene rings is 2. The van der Waals surface area contributed by atoms with Crippen molar-refractivity contribution < 1.29 is 9.53 Å². The number of ether oxygens (including phenoxy) is 1. The van der Waals surface area contributed by atoms with E-state index in [1.54, 1.807) is 36.7 Å². The molecule has 0 saturated carbocycles. The summed E-state index contributed by atoms with van der Waals surface area (Å²) in [7, 11) is 0. The highest BCUT2D eigenvalue weighted by Gasteiger charge is 2.10. The standard InChI is InChI=1S/C22H18N4O2/c1-2-28-20-10-8-19(9-11-20)26-22(27)18(13-23)12-16-14-24-21(25-15-16)17-6-4-3-5-7-17/h3-12,14-15H,2H2,1H3,(H,26,27)/b18-12+. The Morgan fingerprint density at radius 3 is 2.39 bits per heavy atom. The van der Waals surface area contributed by atoms with Crippen LogP contribution in [0.1, 0.15) is 12.5 Å². The minimum atomic E-state index is -0.501. The maximum absolute atomic E-state index is 12.4. The zero-order chi connectivity index (χ0) is 19.8. The van der Waals surface area contributed by atoms with E-state index in [0.29, 0.717) is 29.4 Å². The highest BCUT2D eigenvalue weighted by Crippen LogP contribution is 2.17. The molecule has 0 spiro atoms. The molecular weight excluding hydrogens is 352 g/mol. The molecule has 1 aromatic heterocycles. The van der Waals surface area contributed by atoms with Gasteiger partial charge in [0.2, 0.25) is 0 Å². The fourth-order valence-corrected chi connectivity index (χ4v) is 2.46. The van der Waals surface area contributed by atoms with E-state index in [9.17, 15) is 10.1 Å². The highest BCUT2D eigenvalue weighted by molar-refractivity contribution is 6.09. The van der Waals surface area contributed by atoms with E-state index in [-0.39, 0.29) is 5.57 Å². The lowest BCUT2D eigenvalue weighted by Gasteiger charge is -2.06. The van der Waals surface area contributed by atoms with Crippen LogP contribution in [0.4, 0.5) is 5.69 Å². The van der Waals surface area contributed by atoms with Gasteiger partial charge in [0.05, 0.1) is 6.61 Å². The van der Waals surface area contributed by atoms with E-state index in [2.05, 4.69) is 15.3 Å². The molecule has 1 N–H and O–H groups in total. The number of carbonyl (C=O) groups excluding carboxylic acids is 1. The van der Waals surface area contributed by atoms with Crippen LogP contribution in [-0.2, 0) is 4.79 Å². The molecule has 28 heavy (non-hydrogen) atoms. The number of anilines is 1. The number of nitrogens with zero attached hydrogens (tertiary/aromatic N) is 3. The zero-order valence-electron chi connectivity index (χ0n) is 15.3. The number of hydrogen-bond donors (Lipinski definition) is 1. The Kier molecular flexibility index (Phi) is 6.11. The second kappa shape index (κ2) is 9.10. The third-order valence-corrected chi connectivity index (χ3v) is 3.80. The van der Waals surface area contributed by atoms with Crippen LogP contribution < -0.4 is 10.1 Å². The molecule has 0 atom stereocenters. The van der Waals surface area contributed by atoms with Gasteiger partial charge in [-0.15, -0.1) is 0 Å². The van der Waals surface area contributed by atoms with E-state index in [4.69, 9.17) is 4.74 Å². The van der Waals surface area contributed by atoms with Crippen molar-refractivity contribution in [2.45, 2.75) is 6.92 Å². The number of carbonyl (C=O) groups is 1. The summed E-state index contributed by atoms with van der Waals surface area (Å²) in [5.41, 5.74) is 2.00. The summed E-state index contributed by atoms with van der Waals surface area (Å²) < 4.78 is 5.36. The van der Waals surface area contributed by atoms with Gasteiger partial charge in [0.1, 0.15) is 17.4 Å². The molecule has 6 nitrogen and oxygen atoms in total. The predicted molar refractivity (Wildman–Crippen MR) is 107 cm³/mol. The summed E-state index contributed by atoms with van der Waals surface area (Å²) in [6.07, 6.45) is 4.62. The van der Waals surface area contributed by atoms with Crippen molar-refractivity contribution in [1.29, 1.82) is 5.26 Å². The van der Waals surface area contributed by atoms with Crippen LogP contribution in [0.3, 0.4) is 0 Å². The normalized spacial score (nSPS) is 10.8. The van der Waals surface area contributed by atoms with Crippen LogP contribution in [0.2, 0.25) is 0 Å². The topological polar surface area (TPSA) is 87.9 Å². The average molecular weight is 370 g/mol. The Labute approximate surface area is 163 Å². The van der Waals surface area contributed by atoms with Gasteiger partial charge in [-0.1, -0.05) is 30.3 Å². The minimum Gasteiger partial charge on any atom is -0.494 e. The molecule has 1 amide bonds. The van der Waals surface area contributed by atoms with Gasteiger partial charge in [0.15, 0.2) is 5.82 Å². The molecule has 3 rings (SSSR count). The lowest BCUT2D eigenvalue weighted by atomic mass is 10.1. The first-order valence-corrected chi connectivity index (χ1v) is 8.73. The lowest BCUT2D eigenvalue weighted by molar-refractivity contribution is -0.112. The molecular formula is C22H18N4O2. The minimum absolute atomic E-state index is 0.0371. The number of hydrogen-bond acceptors (Lipinski definition) is 5. The molecule has 0 fully saturated rings. The third-order valence-electron chi connectivity index (χ3n) is 3.80. The summed E-state index contributed by atoms with van der Waals surface area (Å²) in [5.74, 6) is 0.793. The van der Waals surface area contributed by atoms with Crippen molar-refractivity contribution in [2.75, 3.05) is 11.9 Å². The van der Waals surface area contributed by atoms with Crippen LogP contribution >= 0.6 is 0 Å². The Morgan fingerprint density at radius 1 is 1.11 bits per heavy atom. The largest absolute Gasteiger partial charge is 0.494 e. The average Bonchev–Trinajstić information content (AvgIpc) is 2.74. The molecule has 0 aliphatic carbocycles. The van der Waals surface area contributed by atoms with Crippen LogP contribution in [0, 0.1) is 11.3 Å². The van der Waals surface area contributed by atoms with Crippen LogP contribution in [0.25, 0.3) is 17.5 Å². The fourth-order valence-electron chi connectivity index (χ4n) is 2.46. The number of nitrogens with one attached hydrogen (secondary N) is 1. The van der Waals surface area contributed by atoms with Crippen molar-refractivity contribution in [3.63, 3.8) is 0 Å². The highest BCUT2D eigenvalue weighted by atomic mass is 16.5. The van der Waals surface area contributed by atoms with Crippen molar-refractivity contribution >= 4 is 17.7 Å². The first kappa shape index (κ1) is 18.8. The second-order valence-electron chi connectivity index (χ2n) is 5.79. The van der Waals surface area contributed by atoms with Gasteiger partial charge >= 0.3 is 0 Å².